The van der Waals surface area contributed by atoms with Crippen molar-refractivity contribution in [1.29, 1.82) is 0 Å². The zero-order valence-corrected chi connectivity index (χ0v) is 21.9. The van der Waals surface area contributed by atoms with Crippen molar-refractivity contribution in [1.82, 2.24) is 0 Å². The minimum Gasteiger partial charge on any atom is -1.00 e. The van der Waals surface area contributed by atoms with E-state index in [2.05, 4.69) is 0 Å². The quantitative estimate of drug-likeness (QED) is 0.343. The van der Waals surface area contributed by atoms with E-state index in [1.54, 1.807) is 0 Å². The third-order valence-electron chi connectivity index (χ3n) is 5.49. The molecule has 0 aliphatic heterocycles. The van der Waals surface area contributed by atoms with E-state index < -0.39 is 23.1 Å². The minimum absolute atomic E-state index is 0. The van der Waals surface area contributed by atoms with E-state index in [0.717, 1.165) is 0 Å². The number of ether oxygens (including phenoxy) is 2. The maximum Gasteiger partial charge on any atom is 1.00 e. The van der Waals surface area contributed by atoms with Crippen LogP contribution in [0.5, 0.6) is 0 Å². The van der Waals surface area contributed by atoms with E-state index >= 15 is 0 Å². The molecule has 0 saturated carbocycles. The Hall–Kier alpha value is 1.17. The number of hydrogen-bond donors (Lipinski definition) is 0. The molecule has 0 rings (SSSR count). The molecule has 0 aliphatic carbocycles. The molecule has 0 bridgehead atoms. The maximum absolute atomic E-state index is 12.2. The second kappa shape index (κ2) is 11.2. The Bertz CT molecular complexity index is 410. The van der Waals surface area contributed by atoms with Gasteiger partial charge in [-0.25, -0.2) is 0 Å². The van der Waals surface area contributed by atoms with E-state index in [9.17, 15) is 9.59 Å². The molecule has 25 heavy (non-hydrogen) atoms. The predicted octanol–water partition coefficient (Wildman–Crippen LogP) is -0.874. The number of carbonyl (C=O) groups is 2. The van der Waals surface area contributed by atoms with Gasteiger partial charge in [0.2, 0.25) is 0 Å². The van der Waals surface area contributed by atoms with Crippen LogP contribution < -0.4 is 70.2 Å². The van der Waals surface area contributed by atoms with Crippen LogP contribution in [-0.4, -0.2) is 23.1 Å². The molecule has 0 saturated heterocycles. The summed E-state index contributed by atoms with van der Waals surface area (Å²) in [4.78, 5) is 24.4. The fourth-order valence-electron chi connectivity index (χ4n) is 2.20. The van der Waals surface area contributed by atoms with Crippen LogP contribution in [0.1, 0.15) is 91.4 Å². The van der Waals surface area contributed by atoms with Gasteiger partial charge in [0, 0.05) is 10.8 Å². The molecule has 4 nitrogen and oxygen atoms in total. The van der Waals surface area contributed by atoms with Gasteiger partial charge in [-0.1, -0.05) is 55.4 Å². The molecule has 0 spiro atoms. The Morgan fingerprint density at radius 1 is 0.720 bits per heavy atom. The van der Waals surface area contributed by atoms with Gasteiger partial charge in [-0.3, -0.25) is 9.59 Å². The van der Waals surface area contributed by atoms with Crippen LogP contribution in [0, 0.1) is 10.8 Å². The fraction of sp³-hybridized carbons (Fsp3) is 0.895. The molecule has 0 amide bonds. The van der Waals surface area contributed by atoms with Gasteiger partial charge in [0.25, 0.3) is 0 Å². The van der Waals surface area contributed by atoms with Crippen molar-refractivity contribution in [3.8, 4) is 0 Å². The molecule has 2 atom stereocenters. The smallest absolute Gasteiger partial charge is 1.00 e. The molecular formula is C19H38KLiO4. The first-order valence-electron chi connectivity index (χ1n) is 8.55. The van der Waals surface area contributed by atoms with Crippen molar-refractivity contribution in [3.05, 3.63) is 0 Å². The SMILES string of the molecule is CCC(C)(OC(=O)CC(=O)OC(C)(CC)C(C)(C)C)C(C)(C)C.[H-].[H-].[K+].[Li+]. The molecule has 0 heterocycles. The van der Waals surface area contributed by atoms with Crippen molar-refractivity contribution in [2.45, 2.75) is 99.7 Å². The van der Waals surface area contributed by atoms with Crippen LogP contribution in [0.3, 0.4) is 0 Å². The fourth-order valence-corrected chi connectivity index (χ4v) is 2.20. The first-order chi connectivity index (χ1) is 10.1. The summed E-state index contributed by atoms with van der Waals surface area (Å²) >= 11 is 0. The summed E-state index contributed by atoms with van der Waals surface area (Å²) in [6.45, 7) is 19.9. The normalized spacial score (nSPS) is 16.4. The van der Waals surface area contributed by atoms with Gasteiger partial charge < -0.3 is 12.3 Å². The van der Waals surface area contributed by atoms with Crippen molar-refractivity contribution in [2.24, 2.45) is 10.8 Å². The molecule has 0 aromatic rings. The number of carbonyl (C=O) groups excluding carboxylic acids is 2. The molecule has 0 radical (unpaired) electrons. The van der Waals surface area contributed by atoms with Gasteiger partial charge in [-0.15, -0.1) is 0 Å². The summed E-state index contributed by atoms with van der Waals surface area (Å²) in [5.74, 6) is -1.05. The summed E-state index contributed by atoms with van der Waals surface area (Å²) < 4.78 is 11.2. The van der Waals surface area contributed by atoms with E-state index in [4.69, 9.17) is 9.47 Å². The average Bonchev–Trinajstić information content (AvgIpc) is 2.35. The molecule has 0 aromatic heterocycles. The van der Waals surface area contributed by atoms with Crippen molar-refractivity contribution < 1.29 is 92.2 Å². The molecule has 0 aliphatic rings. The Kier molecular flexibility index (Phi) is 13.9. The zero-order chi connectivity index (χ0) is 18.7. The van der Waals surface area contributed by atoms with Gasteiger partial charge in [0.1, 0.15) is 17.6 Å². The Labute approximate surface area is 212 Å². The van der Waals surface area contributed by atoms with Crippen molar-refractivity contribution in [3.63, 3.8) is 0 Å². The second-order valence-corrected chi connectivity index (χ2v) is 8.79. The average molecular weight is 377 g/mol. The molecule has 0 aromatic carbocycles. The monoisotopic (exact) mass is 376 g/mol. The second-order valence-electron chi connectivity index (χ2n) is 8.79. The van der Waals surface area contributed by atoms with Crippen LogP contribution >= 0.6 is 0 Å². The Morgan fingerprint density at radius 3 is 1.12 bits per heavy atom. The van der Waals surface area contributed by atoms with E-state index in [1.165, 1.54) is 0 Å². The van der Waals surface area contributed by atoms with E-state index in [0.29, 0.717) is 12.8 Å². The van der Waals surface area contributed by atoms with E-state index in [-0.39, 0.29) is 90.3 Å². The Balaban J connectivity index is -0.000000403. The largest absolute Gasteiger partial charge is 1.00 e. The van der Waals surface area contributed by atoms with Gasteiger partial charge in [-0.05, 0) is 26.7 Å². The third-order valence-corrected chi connectivity index (χ3v) is 5.49. The summed E-state index contributed by atoms with van der Waals surface area (Å²) in [5, 5.41) is 0. The molecule has 0 fully saturated rings. The molecule has 0 N–H and O–H groups in total. The maximum atomic E-state index is 12.2. The predicted molar refractivity (Wildman–Crippen MR) is 95.3 cm³/mol. The molecule has 2 unspecified atom stereocenters. The van der Waals surface area contributed by atoms with Crippen LogP contribution in [0.25, 0.3) is 0 Å². The summed E-state index contributed by atoms with van der Waals surface area (Å²) in [6.07, 6.45) is 1.02. The van der Waals surface area contributed by atoms with Gasteiger partial charge in [0.05, 0.1) is 0 Å². The number of esters is 2. The number of rotatable bonds is 6. The van der Waals surface area contributed by atoms with Crippen molar-refractivity contribution in [2.75, 3.05) is 0 Å². The first kappa shape index (κ1) is 30.9. The summed E-state index contributed by atoms with van der Waals surface area (Å²) in [7, 11) is 0. The van der Waals surface area contributed by atoms with Crippen LogP contribution in [-0.2, 0) is 19.1 Å². The third kappa shape index (κ3) is 8.81. The zero-order valence-electron chi connectivity index (χ0n) is 20.8. The first-order valence-corrected chi connectivity index (χ1v) is 8.55. The van der Waals surface area contributed by atoms with Gasteiger partial charge >= 0.3 is 82.2 Å². The van der Waals surface area contributed by atoms with E-state index in [1.807, 2.05) is 69.2 Å². The van der Waals surface area contributed by atoms with Crippen LogP contribution in [0.2, 0.25) is 0 Å². The molecule has 6 heteroatoms. The number of hydrogen-bond acceptors (Lipinski definition) is 4. The summed E-state index contributed by atoms with van der Waals surface area (Å²) in [6, 6.07) is 0. The van der Waals surface area contributed by atoms with Crippen LogP contribution in [0.15, 0.2) is 0 Å². The standard InChI is InChI=1S/C19H36O4.K.Li.2H/c1-11-18(9,16(3,4)5)22-14(20)13-15(21)23-19(10,12-2)17(6,7)8;;;;/h11-13H2,1-10H3;;;;/q;2*+1;2*-1. The van der Waals surface area contributed by atoms with Gasteiger partial charge in [-0.2, -0.15) is 0 Å². The summed E-state index contributed by atoms with van der Waals surface area (Å²) in [5.41, 5.74) is -1.62. The Morgan fingerprint density at radius 2 is 0.960 bits per heavy atom. The molecule has 140 valence electrons. The van der Waals surface area contributed by atoms with Gasteiger partial charge in [0.15, 0.2) is 0 Å². The molecular weight excluding hydrogens is 338 g/mol. The van der Waals surface area contributed by atoms with Crippen molar-refractivity contribution >= 4 is 11.9 Å². The minimum atomic E-state index is -0.609. The topological polar surface area (TPSA) is 52.6 Å². The van der Waals surface area contributed by atoms with Crippen LogP contribution in [0.4, 0.5) is 0 Å².